The number of hydrogen-bond donors (Lipinski definition) is 1. The average molecular weight is 465 g/mol. The molecule has 0 bridgehead atoms. The molecule has 166 valence electrons. The van der Waals surface area contributed by atoms with Crippen LogP contribution in [0.4, 0.5) is 5.82 Å². The smallest absolute Gasteiger partial charge is 0.161 e. The summed E-state index contributed by atoms with van der Waals surface area (Å²) in [5.41, 5.74) is 8.63. The molecule has 0 atom stereocenters. The molecule has 0 aliphatic carbocycles. The molecule has 3 aromatic carbocycles. The van der Waals surface area contributed by atoms with Crippen molar-refractivity contribution in [3.8, 4) is 34.8 Å². The lowest BCUT2D eigenvalue weighted by Crippen LogP contribution is -2.04. The van der Waals surface area contributed by atoms with Gasteiger partial charge in [-0.25, -0.2) is 4.98 Å². The van der Waals surface area contributed by atoms with Gasteiger partial charge in [0.15, 0.2) is 11.5 Å². The fourth-order valence-electron chi connectivity index (χ4n) is 3.44. The molecule has 4 aromatic rings. The van der Waals surface area contributed by atoms with Crippen molar-refractivity contribution >= 4 is 17.6 Å². The maximum Gasteiger partial charge on any atom is 0.161 e. The molecule has 7 heteroatoms. The topological polar surface area (TPSA) is 105 Å². The summed E-state index contributed by atoms with van der Waals surface area (Å²) in [5, 5.41) is 20.3. The Hall–Kier alpha value is -4.46. The minimum atomic E-state index is 0.0679. The highest BCUT2D eigenvalue weighted by Crippen LogP contribution is 2.40. The minimum absolute atomic E-state index is 0.0679. The highest BCUT2D eigenvalue weighted by molar-refractivity contribution is 7.99. The van der Waals surface area contributed by atoms with Crippen LogP contribution in [0.3, 0.4) is 0 Å². The van der Waals surface area contributed by atoms with Crippen molar-refractivity contribution in [3.05, 3.63) is 95.6 Å². The van der Waals surface area contributed by atoms with Gasteiger partial charge in [-0.05, 0) is 35.4 Å². The molecule has 2 N–H and O–H groups in total. The van der Waals surface area contributed by atoms with E-state index in [1.54, 1.807) is 25.3 Å². The van der Waals surface area contributed by atoms with Crippen LogP contribution in [-0.2, 0) is 6.61 Å². The Bertz CT molecular complexity index is 1390. The first-order valence-electron chi connectivity index (χ1n) is 10.4. The van der Waals surface area contributed by atoms with Gasteiger partial charge in [0.2, 0.25) is 0 Å². The van der Waals surface area contributed by atoms with E-state index in [-0.39, 0.29) is 16.9 Å². The normalized spacial score (nSPS) is 10.2. The van der Waals surface area contributed by atoms with Crippen molar-refractivity contribution < 1.29 is 9.47 Å². The Balaban J connectivity index is 1.76. The molecule has 0 amide bonds. The standard InChI is InChI=1S/C27H20N4O2S/c1-32-24-14-19(12-13-23(24)33-17-18-8-4-2-5-9-18)25-21(15-28)26(30)31-27(22(25)16-29)34-20-10-6-3-7-11-20/h2-14H,17H2,1H3,(H2,30,31). The molecule has 0 saturated heterocycles. The van der Waals surface area contributed by atoms with Crippen LogP contribution in [0.5, 0.6) is 11.5 Å². The van der Waals surface area contributed by atoms with Crippen LogP contribution in [0, 0.1) is 22.7 Å². The summed E-state index contributed by atoms with van der Waals surface area (Å²) in [6.45, 7) is 0.378. The number of nitrogens with zero attached hydrogens (tertiary/aromatic N) is 3. The van der Waals surface area contributed by atoms with E-state index in [1.165, 1.54) is 11.8 Å². The van der Waals surface area contributed by atoms with Gasteiger partial charge in [-0.3, -0.25) is 0 Å². The molecule has 4 rings (SSSR count). The van der Waals surface area contributed by atoms with Crippen molar-refractivity contribution in [3.63, 3.8) is 0 Å². The number of methoxy groups -OCH3 is 1. The summed E-state index contributed by atoms with van der Waals surface area (Å²) in [7, 11) is 1.54. The number of nitriles is 2. The second-order valence-electron chi connectivity index (χ2n) is 7.21. The molecule has 6 nitrogen and oxygen atoms in total. The van der Waals surface area contributed by atoms with Gasteiger partial charge >= 0.3 is 0 Å². The van der Waals surface area contributed by atoms with Gasteiger partial charge in [-0.2, -0.15) is 10.5 Å². The van der Waals surface area contributed by atoms with Gasteiger partial charge in [-0.15, -0.1) is 0 Å². The van der Waals surface area contributed by atoms with Crippen LogP contribution in [0.1, 0.15) is 16.7 Å². The molecule has 34 heavy (non-hydrogen) atoms. The van der Waals surface area contributed by atoms with Gasteiger partial charge < -0.3 is 15.2 Å². The number of anilines is 1. The molecule has 0 unspecified atom stereocenters. The Kier molecular flexibility index (Phi) is 6.98. The molecule has 0 fully saturated rings. The Morgan fingerprint density at radius 1 is 0.882 bits per heavy atom. The van der Waals surface area contributed by atoms with E-state index in [0.717, 1.165) is 10.5 Å². The zero-order valence-corrected chi connectivity index (χ0v) is 19.2. The lowest BCUT2D eigenvalue weighted by Gasteiger charge is -2.16. The Labute approximate surface area is 202 Å². The Morgan fingerprint density at radius 2 is 1.56 bits per heavy atom. The molecular weight excluding hydrogens is 444 g/mol. The van der Waals surface area contributed by atoms with Crippen molar-refractivity contribution in [2.75, 3.05) is 12.8 Å². The summed E-state index contributed by atoms with van der Waals surface area (Å²) in [5.74, 6) is 1.10. The summed E-state index contributed by atoms with van der Waals surface area (Å²) in [6.07, 6.45) is 0. The second kappa shape index (κ2) is 10.4. The molecule has 1 aromatic heterocycles. The van der Waals surface area contributed by atoms with Crippen molar-refractivity contribution in [2.24, 2.45) is 0 Å². The lowest BCUT2D eigenvalue weighted by molar-refractivity contribution is 0.284. The summed E-state index contributed by atoms with van der Waals surface area (Å²) in [6, 6.07) is 29.0. The quantitative estimate of drug-likeness (QED) is 0.368. The molecular formula is C27H20N4O2S. The SMILES string of the molecule is COc1cc(-c2c(C#N)c(N)nc(Sc3ccccc3)c2C#N)ccc1OCc1ccccc1. The summed E-state index contributed by atoms with van der Waals surface area (Å²) >= 11 is 1.32. The zero-order valence-electron chi connectivity index (χ0n) is 18.4. The summed E-state index contributed by atoms with van der Waals surface area (Å²) < 4.78 is 11.5. The highest BCUT2D eigenvalue weighted by Gasteiger charge is 2.22. The highest BCUT2D eigenvalue weighted by atomic mass is 32.2. The zero-order chi connectivity index (χ0) is 23.9. The third-order valence-electron chi connectivity index (χ3n) is 5.06. The number of hydrogen-bond acceptors (Lipinski definition) is 7. The third-order valence-corrected chi connectivity index (χ3v) is 6.06. The van der Waals surface area contributed by atoms with Gasteiger partial charge in [0.25, 0.3) is 0 Å². The van der Waals surface area contributed by atoms with Crippen molar-refractivity contribution in [1.29, 1.82) is 10.5 Å². The number of aromatic nitrogens is 1. The molecule has 0 saturated carbocycles. The van der Waals surface area contributed by atoms with Crippen molar-refractivity contribution in [2.45, 2.75) is 16.5 Å². The van der Waals surface area contributed by atoms with E-state index in [0.29, 0.717) is 34.3 Å². The molecule has 0 spiro atoms. The third kappa shape index (κ3) is 4.80. The first-order chi connectivity index (χ1) is 16.6. The van der Waals surface area contributed by atoms with E-state index < -0.39 is 0 Å². The molecule has 1 heterocycles. The van der Waals surface area contributed by atoms with Crippen LogP contribution in [0.25, 0.3) is 11.1 Å². The van der Waals surface area contributed by atoms with Crippen LogP contribution >= 0.6 is 11.8 Å². The van der Waals surface area contributed by atoms with E-state index in [4.69, 9.17) is 15.2 Å². The first kappa shape index (κ1) is 22.7. The number of pyridine rings is 1. The van der Waals surface area contributed by atoms with Gasteiger partial charge in [0.05, 0.1) is 12.7 Å². The number of ether oxygens (including phenoxy) is 2. The van der Waals surface area contributed by atoms with E-state index in [1.807, 2.05) is 60.7 Å². The first-order valence-corrected chi connectivity index (χ1v) is 11.2. The largest absolute Gasteiger partial charge is 0.493 e. The predicted molar refractivity (Wildman–Crippen MR) is 131 cm³/mol. The summed E-state index contributed by atoms with van der Waals surface area (Å²) in [4.78, 5) is 5.27. The van der Waals surface area contributed by atoms with Crippen LogP contribution < -0.4 is 15.2 Å². The lowest BCUT2D eigenvalue weighted by atomic mass is 9.96. The molecule has 0 radical (unpaired) electrons. The van der Waals surface area contributed by atoms with E-state index in [9.17, 15) is 10.5 Å². The van der Waals surface area contributed by atoms with Crippen LogP contribution in [0.2, 0.25) is 0 Å². The number of benzene rings is 3. The number of nitrogens with two attached hydrogens (primary N) is 1. The molecule has 0 aliphatic rings. The van der Waals surface area contributed by atoms with Gasteiger partial charge in [0.1, 0.15) is 35.2 Å². The van der Waals surface area contributed by atoms with Crippen LogP contribution in [0.15, 0.2) is 88.8 Å². The van der Waals surface area contributed by atoms with Gasteiger partial charge in [0, 0.05) is 10.5 Å². The monoisotopic (exact) mass is 464 g/mol. The fraction of sp³-hybridized carbons (Fsp3) is 0.0741. The number of rotatable bonds is 7. The second-order valence-corrected chi connectivity index (χ2v) is 8.27. The van der Waals surface area contributed by atoms with E-state index >= 15 is 0 Å². The van der Waals surface area contributed by atoms with Gasteiger partial charge in [-0.1, -0.05) is 66.4 Å². The molecule has 0 aliphatic heterocycles. The maximum absolute atomic E-state index is 10.0. The maximum atomic E-state index is 10.0. The predicted octanol–water partition coefficient (Wildman–Crippen LogP) is 5.81. The number of nitrogen functional groups attached to an aromatic ring is 1. The van der Waals surface area contributed by atoms with Crippen LogP contribution in [-0.4, -0.2) is 12.1 Å². The average Bonchev–Trinajstić information content (AvgIpc) is 2.88. The Morgan fingerprint density at radius 3 is 2.21 bits per heavy atom. The fourth-order valence-corrected chi connectivity index (χ4v) is 4.35. The minimum Gasteiger partial charge on any atom is -0.493 e. The van der Waals surface area contributed by atoms with Crippen molar-refractivity contribution in [1.82, 2.24) is 4.98 Å². The van der Waals surface area contributed by atoms with E-state index in [2.05, 4.69) is 17.1 Å².